The van der Waals surface area contributed by atoms with E-state index < -0.39 is 0 Å². The summed E-state index contributed by atoms with van der Waals surface area (Å²) in [5.41, 5.74) is 1.63. The third-order valence-corrected chi connectivity index (χ3v) is 4.68. The van der Waals surface area contributed by atoms with Gasteiger partial charge in [0.25, 0.3) is 0 Å². The van der Waals surface area contributed by atoms with E-state index in [0.717, 1.165) is 30.9 Å². The van der Waals surface area contributed by atoms with Crippen molar-refractivity contribution in [2.24, 2.45) is 0 Å². The summed E-state index contributed by atoms with van der Waals surface area (Å²) in [5.74, 6) is 0.738. The Hall–Kier alpha value is -2.87. The maximum absolute atomic E-state index is 12.9. The molecule has 1 aliphatic heterocycles. The molecule has 0 saturated carbocycles. The minimum atomic E-state index is -0.141. The van der Waals surface area contributed by atoms with E-state index in [9.17, 15) is 10.1 Å². The molecule has 5 nitrogen and oxygen atoms in total. The summed E-state index contributed by atoms with van der Waals surface area (Å²) in [7, 11) is 0. The van der Waals surface area contributed by atoms with Gasteiger partial charge in [0.15, 0.2) is 0 Å². The SMILES string of the molecule is C[C@H](C(=O)N1CCCN(c2ncccc2C#N)CC1)c1ccccc1. The van der Waals surface area contributed by atoms with Crippen molar-refractivity contribution in [3.8, 4) is 6.07 Å². The lowest BCUT2D eigenvalue weighted by molar-refractivity contribution is -0.132. The zero-order chi connectivity index (χ0) is 17.6. The minimum Gasteiger partial charge on any atom is -0.354 e. The number of nitriles is 1. The van der Waals surface area contributed by atoms with Gasteiger partial charge in [-0.1, -0.05) is 30.3 Å². The number of nitrogens with zero attached hydrogens (tertiary/aromatic N) is 4. The van der Waals surface area contributed by atoms with Crippen LogP contribution in [0.25, 0.3) is 0 Å². The van der Waals surface area contributed by atoms with E-state index in [1.807, 2.05) is 42.2 Å². The van der Waals surface area contributed by atoms with Gasteiger partial charge in [-0.05, 0) is 31.0 Å². The number of benzene rings is 1. The van der Waals surface area contributed by atoms with Crippen molar-refractivity contribution in [2.75, 3.05) is 31.1 Å². The highest BCUT2D eigenvalue weighted by molar-refractivity contribution is 5.83. The third kappa shape index (κ3) is 3.80. The molecule has 1 aromatic heterocycles. The number of carbonyl (C=O) groups is 1. The first-order chi connectivity index (χ1) is 12.2. The second-order valence-electron chi connectivity index (χ2n) is 6.28. The van der Waals surface area contributed by atoms with Gasteiger partial charge in [-0.3, -0.25) is 4.79 Å². The zero-order valence-electron chi connectivity index (χ0n) is 14.4. The maximum Gasteiger partial charge on any atom is 0.229 e. The van der Waals surface area contributed by atoms with E-state index in [2.05, 4.69) is 16.0 Å². The van der Waals surface area contributed by atoms with Gasteiger partial charge in [0.05, 0.1) is 11.5 Å². The molecular formula is C20H22N4O. The van der Waals surface area contributed by atoms with Crippen LogP contribution in [-0.4, -0.2) is 42.0 Å². The number of rotatable bonds is 3. The van der Waals surface area contributed by atoms with Gasteiger partial charge < -0.3 is 9.80 Å². The first-order valence-corrected chi connectivity index (χ1v) is 8.64. The largest absolute Gasteiger partial charge is 0.354 e. The van der Waals surface area contributed by atoms with Crippen LogP contribution in [0.4, 0.5) is 5.82 Å². The molecule has 0 bridgehead atoms. The predicted octanol–water partition coefficient (Wildman–Crippen LogP) is 2.80. The first kappa shape index (κ1) is 17.0. The molecule has 5 heteroatoms. The van der Waals surface area contributed by atoms with Crippen molar-refractivity contribution in [2.45, 2.75) is 19.3 Å². The van der Waals surface area contributed by atoms with E-state index in [1.165, 1.54) is 0 Å². The minimum absolute atomic E-state index is 0.141. The molecule has 1 aliphatic rings. The monoisotopic (exact) mass is 334 g/mol. The molecule has 1 aromatic carbocycles. The Kier molecular flexibility index (Phi) is 5.30. The second kappa shape index (κ2) is 7.80. The predicted molar refractivity (Wildman–Crippen MR) is 97.2 cm³/mol. The molecule has 2 heterocycles. The first-order valence-electron chi connectivity index (χ1n) is 8.64. The van der Waals surface area contributed by atoms with Crippen LogP contribution >= 0.6 is 0 Å². The van der Waals surface area contributed by atoms with Crippen LogP contribution in [0.15, 0.2) is 48.7 Å². The fraction of sp³-hybridized carbons (Fsp3) is 0.350. The summed E-state index contributed by atoms with van der Waals surface area (Å²) in [6.45, 7) is 4.85. The topological polar surface area (TPSA) is 60.2 Å². The molecule has 1 amide bonds. The highest BCUT2D eigenvalue weighted by Crippen LogP contribution is 2.21. The maximum atomic E-state index is 12.9. The van der Waals surface area contributed by atoms with Crippen molar-refractivity contribution in [1.82, 2.24) is 9.88 Å². The quantitative estimate of drug-likeness (QED) is 0.866. The normalized spacial score (nSPS) is 16.0. The summed E-state index contributed by atoms with van der Waals surface area (Å²) in [6.07, 6.45) is 2.58. The molecular weight excluding hydrogens is 312 g/mol. The lowest BCUT2D eigenvalue weighted by Crippen LogP contribution is -2.37. The Bertz CT molecular complexity index is 769. The summed E-state index contributed by atoms with van der Waals surface area (Å²) >= 11 is 0. The molecule has 0 N–H and O–H groups in total. The van der Waals surface area contributed by atoms with Crippen molar-refractivity contribution in [3.63, 3.8) is 0 Å². The fourth-order valence-corrected chi connectivity index (χ4v) is 3.24. The Morgan fingerprint density at radius 2 is 1.92 bits per heavy atom. The summed E-state index contributed by atoms with van der Waals surface area (Å²) in [4.78, 5) is 21.3. The van der Waals surface area contributed by atoms with Gasteiger partial charge in [0.2, 0.25) is 5.91 Å². The highest BCUT2D eigenvalue weighted by atomic mass is 16.2. The number of carbonyl (C=O) groups excluding carboxylic acids is 1. The van der Waals surface area contributed by atoms with Gasteiger partial charge >= 0.3 is 0 Å². The standard InChI is InChI=1S/C20H22N4O/c1-16(17-7-3-2-4-8-17)20(25)24-12-6-11-23(13-14-24)19-18(15-21)9-5-10-22-19/h2-5,7-10,16H,6,11-14H2,1H3/t16-/m0/s1. The molecule has 1 atom stereocenters. The van der Waals surface area contributed by atoms with Gasteiger partial charge in [0, 0.05) is 32.4 Å². The van der Waals surface area contributed by atoms with Crippen molar-refractivity contribution >= 4 is 11.7 Å². The van der Waals surface area contributed by atoms with Crippen LogP contribution in [0.1, 0.15) is 30.4 Å². The van der Waals surface area contributed by atoms with Gasteiger partial charge in [0.1, 0.15) is 11.9 Å². The molecule has 1 fully saturated rings. The molecule has 3 rings (SSSR count). The van der Waals surface area contributed by atoms with Crippen LogP contribution < -0.4 is 4.90 Å². The zero-order valence-corrected chi connectivity index (χ0v) is 14.4. The summed E-state index contributed by atoms with van der Waals surface area (Å²) in [5, 5.41) is 9.28. The highest BCUT2D eigenvalue weighted by Gasteiger charge is 2.25. The van der Waals surface area contributed by atoms with Crippen molar-refractivity contribution < 1.29 is 4.79 Å². The number of amides is 1. The molecule has 25 heavy (non-hydrogen) atoms. The van der Waals surface area contributed by atoms with E-state index in [1.54, 1.807) is 18.3 Å². The number of pyridine rings is 1. The van der Waals surface area contributed by atoms with E-state index in [-0.39, 0.29) is 11.8 Å². The van der Waals surface area contributed by atoms with Gasteiger partial charge in [-0.15, -0.1) is 0 Å². The van der Waals surface area contributed by atoms with E-state index >= 15 is 0 Å². The van der Waals surface area contributed by atoms with Crippen LogP contribution in [0.5, 0.6) is 0 Å². The second-order valence-corrected chi connectivity index (χ2v) is 6.28. The summed E-state index contributed by atoms with van der Waals surface area (Å²) < 4.78 is 0. The van der Waals surface area contributed by atoms with E-state index in [4.69, 9.17) is 0 Å². The van der Waals surface area contributed by atoms with Crippen LogP contribution in [0.2, 0.25) is 0 Å². The molecule has 128 valence electrons. The summed E-state index contributed by atoms with van der Waals surface area (Å²) in [6, 6.07) is 15.7. The molecule has 0 aliphatic carbocycles. The Morgan fingerprint density at radius 3 is 2.68 bits per heavy atom. The number of hydrogen-bond acceptors (Lipinski definition) is 4. The molecule has 1 saturated heterocycles. The number of hydrogen-bond donors (Lipinski definition) is 0. The number of anilines is 1. The Morgan fingerprint density at radius 1 is 1.12 bits per heavy atom. The van der Waals surface area contributed by atoms with E-state index in [0.29, 0.717) is 18.7 Å². The number of aromatic nitrogens is 1. The van der Waals surface area contributed by atoms with Crippen molar-refractivity contribution in [1.29, 1.82) is 5.26 Å². The smallest absolute Gasteiger partial charge is 0.229 e. The lowest BCUT2D eigenvalue weighted by atomic mass is 10.00. The third-order valence-electron chi connectivity index (χ3n) is 4.68. The van der Waals surface area contributed by atoms with Crippen LogP contribution in [0, 0.1) is 11.3 Å². The average molecular weight is 334 g/mol. The Labute approximate surface area is 148 Å². The molecule has 2 aromatic rings. The van der Waals surface area contributed by atoms with Gasteiger partial charge in [-0.2, -0.15) is 5.26 Å². The molecule has 0 radical (unpaired) electrons. The van der Waals surface area contributed by atoms with Crippen molar-refractivity contribution in [3.05, 3.63) is 59.8 Å². The van der Waals surface area contributed by atoms with Crippen LogP contribution in [-0.2, 0) is 4.79 Å². The molecule has 0 spiro atoms. The fourth-order valence-electron chi connectivity index (χ4n) is 3.24. The average Bonchev–Trinajstić information content (AvgIpc) is 2.93. The molecule has 0 unspecified atom stereocenters. The van der Waals surface area contributed by atoms with Crippen LogP contribution in [0.3, 0.4) is 0 Å². The van der Waals surface area contributed by atoms with Gasteiger partial charge in [-0.25, -0.2) is 4.98 Å². The Balaban J connectivity index is 1.69. The lowest BCUT2D eigenvalue weighted by Gasteiger charge is -2.25.